The van der Waals surface area contributed by atoms with Crippen LogP contribution in [0.15, 0.2) is 36.9 Å². The second kappa shape index (κ2) is 13.6. The molecule has 0 radical (unpaired) electrons. The van der Waals surface area contributed by atoms with Crippen molar-refractivity contribution < 1.29 is 34.3 Å². The Morgan fingerprint density at radius 2 is 1.87 bits per heavy atom. The topological polar surface area (TPSA) is 33.7 Å². The van der Waals surface area contributed by atoms with Gasteiger partial charge in [-0.25, -0.2) is 0 Å². The van der Waals surface area contributed by atoms with Crippen molar-refractivity contribution in [2.45, 2.75) is 13.0 Å². The monoisotopic (exact) mass is 360 g/mol. The largest absolute Gasteiger partial charge is 1.00 e. The van der Waals surface area contributed by atoms with E-state index in [-0.39, 0.29) is 24.8 Å². The van der Waals surface area contributed by atoms with E-state index in [1.54, 1.807) is 6.08 Å². The Morgan fingerprint density at radius 1 is 1.17 bits per heavy atom. The average molecular weight is 361 g/mol. The number of morpholine rings is 1. The summed E-state index contributed by atoms with van der Waals surface area (Å²) in [5.74, 6) is 0.894. The van der Waals surface area contributed by atoms with Crippen LogP contribution >= 0.6 is 0 Å². The van der Waals surface area contributed by atoms with Crippen molar-refractivity contribution >= 4 is 0 Å². The minimum atomic E-state index is 0. The van der Waals surface area contributed by atoms with E-state index in [1.165, 1.54) is 12.0 Å². The second-order valence-corrected chi connectivity index (χ2v) is 5.23. The van der Waals surface area contributed by atoms with Crippen molar-refractivity contribution in [3.8, 4) is 5.75 Å². The Hall–Kier alpha value is -0.780. The van der Waals surface area contributed by atoms with Crippen molar-refractivity contribution in [1.29, 1.82) is 0 Å². The molecule has 1 aliphatic rings. The van der Waals surface area contributed by atoms with Gasteiger partial charge in [0.25, 0.3) is 0 Å². The van der Waals surface area contributed by atoms with Gasteiger partial charge >= 0.3 is 0 Å². The van der Waals surface area contributed by atoms with Crippen LogP contribution in [0.1, 0.15) is 12.0 Å². The fourth-order valence-electron chi connectivity index (χ4n) is 2.34. The first-order valence-corrected chi connectivity index (χ1v) is 7.72. The number of nitrogens with zero attached hydrogens (tertiary/aromatic N) is 1. The summed E-state index contributed by atoms with van der Waals surface area (Å²) >= 11 is 0. The van der Waals surface area contributed by atoms with Gasteiger partial charge in [-0.15, -0.1) is 0 Å². The van der Waals surface area contributed by atoms with E-state index in [4.69, 9.17) is 9.47 Å². The third-order valence-corrected chi connectivity index (χ3v) is 3.55. The summed E-state index contributed by atoms with van der Waals surface area (Å²) in [4.78, 5) is 2.47. The number of ether oxygens (including phenoxy) is 2. The maximum atomic E-state index is 5.47. The lowest BCUT2D eigenvalue weighted by molar-refractivity contribution is -0.001000. The maximum Gasteiger partial charge on any atom is 0.119 e. The van der Waals surface area contributed by atoms with Crippen molar-refractivity contribution in [3.63, 3.8) is 0 Å². The molecule has 0 saturated carbocycles. The van der Waals surface area contributed by atoms with Crippen molar-refractivity contribution in [1.82, 2.24) is 10.2 Å². The zero-order valence-corrected chi connectivity index (χ0v) is 15.0. The van der Waals surface area contributed by atoms with Gasteiger partial charge in [0.15, 0.2) is 0 Å². The molecule has 23 heavy (non-hydrogen) atoms. The minimum absolute atomic E-state index is 0. The van der Waals surface area contributed by atoms with Gasteiger partial charge in [-0.3, -0.25) is 4.90 Å². The van der Waals surface area contributed by atoms with Gasteiger partial charge < -0.3 is 39.6 Å². The van der Waals surface area contributed by atoms with Crippen LogP contribution in [-0.4, -0.2) is 50.9 Å². The molecule has 0 atom stereocenters. The molecule has 6 heteroatoms. The molecule has 1 heterocycles. The molecule has 1 saturated heterocycles. The molecule has 0 unspecified atom stereocenters. The lowest BCUT2D eigenvalue weighted by Crippen LogP contribution is -3.00. The number of nitrogens with one attached hydrogen (secondary N) is 1. The fraction of sp³-hybridized carbons (Fsp3) is 0.529. The summed E-state index contributed by atoms with van der Waals surface area (Å²) in [5.41, 5.74) is 1.28. The summed E-state index contributed by atoms with van der Waals surface area (Å²) in [6.45, 7) is 11.2. The lowest BCUT2D eigenvalue weighted by Gasteiger charge is -2.26. The molecular weight excluding hydrogens is 335 g/mol. The van der Waals surface area contributed by atoms with Gasteiger partial charge in [0, 0.05) is 19.6 Å². The number of halogens is 2. The normalized spacial score (nSPS) is 14.4. The molecule has 0 aromatic heterocycles. The van der Waals surface area contributed by atoms with Crippen LogP contribution in [0.3, 0.4) is 0 Å². The van der Waals surface area contributed by atoms with Crippen LogP contribution in [0.25, 0.3) is 0 Å². The van der Waals surface area contributed by atoms with Crippen molar-refractivity contribution in [2.24, 2.45) is 0 Å². The summed E-state index contributed by atoms with van der Waals surface area (Å²) in [6, 6.07) is 8.23. The predicted molar refractivity (Wildman–Crippen MR) is 85.7 cm³/mol. The van der Waals surface area contributed by atoms with Crippen LogP contribution < -0.4 is 34.9 Å². The highest BCUT2D eigenvalue weighted by molar-refractivity contribution is 5.27. The van der Waals surface area contributed by atoms with Crippen LogP contribution in [0, 0.1) is 0 Å². The molecule has 1 fully saturated rings. The van der Waals surface area contributed by atoms with Gasteiger partial charge in [0.1, 0.15) is 12.4 Å². The highest BCUT2D eigenvalue weighted by Gasteiger charge is 2.08. The van der Waals surface area contributed by atoms with E-state index in [1.807, 2.05) is 12.1 Å². The first-order chi connectivity index (χ1) is 10.4. The lowest BCUT2D eigenvalue weighted by atomic mass is 10.2. The standard InChI is InChI=1S/C17H26N2O2.2ClH/c1-2-12-21-17-6-4-16(5-7-17)15-18-8-3-9-19-10-13-20-14-11-19;;/h2,4-7,18H,1,3,8-15H2;2*1H/p-2. The van der Waals surface area contributed by atoms with Gasteiger partial charge in [0.05, 0.1) is 13.2 Å². The highest BCUT2D eigenvalue weighted by Crippen LogP contribution is 2.12. The van der Waals surface area contributed by atoms with E-state index >= 15 is 0 Å². The molecular formula is C17H26Cl2N2O2-2. The molecule has 0 spiro atoms. The Bertz CT molecular complexity index is 410. The molecule has 0 bridgehead atoms. The molecule has 132 valence electrons. The zero-order chi connectivity index (χ0) is 14.8. The summed E-state index contributed by atoms with van der Waals surface area (Å²) in [6.07, 6.45) is 2.93. The Kier molecular flexibility index (Phi) is 13.2. The summed E-state index contributed by atoms with van der Waals surface area (Å²) < 4.78 is 10.8. The zero-order valence-electron chi connectivity index (χ0n) is 13.5. The van der Waals surface area contributed by atoms with Crippen LogP contribution in [0.5, 0.6) is 5.75 Å². The number of benzene rings is 1. The molecule has 1 aromatic carbocycles. The van der Waals surface area contributed by atoms with E-state index in [2.05, 4.69) is 28.9 Å². The molecule has 1 aliphatic heterocycles. The molecule has 1 aromatic rings. The number of hydrogen-bond acceptors (Lipinski definition) is 4. The first-order valence-electron chi connectivity index (χ1n) is 7.72. The second-order valence-electron chi connectivity index (χ2n) is 5.23. The van der Waals surface area contributed by atoms with Gasteiger partial charge in [-0.1, -0.05) is 24.8 Å². The smallest absolute Gasteiger partial charge is 0.119 e. The first kappa shape index (κ1) is 22.2. The molecule has 4 nitrogen and oxygen atoms in total. The van der Waals surface area contributed by atoms with E-state index in [0.717, 1.165) is 51.7 Å². The highest BCUT2D eigenvalue weighted by atomic mass is 35.5. The summed E-state index contributed by atoms with van der Waals surface area (Å²) in [7, 11) is 0. The summed E-state index contributed by atoms with van der Waals surface area (Å²) in [5, 5.41) is 3.49. The molecule has 0 amide bonds. The minimum Gasteiger partial charge on any atom is -1.00 e. The Labute approximate surface area is 152 Å². The van der Waals surface area contributed by atoms with Crippen LogP contribution in [0.4, 0.5) is 0 Å². The van der Waals surface area contributed by atoms with Gasteiger partial charge in [0.2, 0.25) is 0 Å². The van der Waals surface area contributed by atoms with E-state index in [9.17, 15) is 0 Å². The van der Waals surface area contributed by atoms with Crippen LogP contribution in [-0.2, 0) is 11.3 Å². The SMILES string of the molecule is C=CCOc1ccc(CNCCCN2CCOCC2)cc1.[Cl-].[Cl-]. The number of hydrogen-bond donors (Lipinski definition) is 1. The average Bonchev–Trinajstić information content (AvgIpc) is 2.55. The third-order valence-electron chi connectivity index (χ3n) is 3.55. The number of rotatable bonds is 9. The van der Waals surface area contributed by atoms with E-state index in [0.29, 0.717) is 6.61 Å². The fourth-order valence-corrected chi connectivity index (χ4v) is 2.34. The van der Waals surface area contributed by atoms with Crippen molar-refractivity contribution in [3.05, 3.63) is 42.5 Å². The van der Waals surface area contributed by atoms with E-state index < -0.39 is 0 Å². The van der Waals surface area contributed by atoms with Gasteiger partial charge in [-0.2, -0.15) is 0 Å². The van der Waals surface area contributed by atoms with Gasteiger partial charge in [-0.05, 0) is 37.2 Å². The maximum absolute atomic E-state index is 5.47. The molecule has 2 rings (SSSR count). The predicted octanol–water partition coefficient (Wildman–Crippen LogP) is -3.93. The third kappa shape index (κ3) is 9.18. The molecule has 0 aliphatic carbocycles. The van der Waals surface area contributed by atoms with Crippen LogP contribution in [0.2, 0.25) is 0 Å². The Morgan fingerprint density at radius 3 is 2.52 bits per heavy atom. The quantitative estimate of drug-likeness (QED) is 0.360. The Balaban J connectivity index is 0.00000242. The van der Waals surface area contributed by atoms with Crippen molar-refractivity contribution in [2.75, 3.05) is 46.0 Å². The molecule has 1 N–H and O–H groups in total.